The van der Waals surface area contributed by atoms with E-state index in [0.29, 0.717) is 18.7 Å². The molecule has 0 fully saturated rings. The molecule has 18 heavy (non-hydrogen) atoms. The minimum atomic E-state index is 0.311. The lowest BCUT2D eigenvalue weighted by molar-refractivity contribution is 0.151. The Morgan fingerprint density at radius 1 is 1.17 bits per heavy atom. The van der Waals surface area contributed by atoms with E-state index < -0.39 is 0 Å². The molecular formula is C15H25NO2. The van der Waals surface area contributed by atoms with Crippen LogP contribution in [-0.4, -0.2) is 32.4 Å². The molecule has 0 aliphatic rings. The Morgan fingerprint density at radius 3 is 2.39 bits per heavy atom. The topological polar surface area (TPSA) is 30.5 Å². The molecule has 102 valence electrons. The number of rotatable bonds is 8. The van der Waals surface area contributed by atoms with E-state index in [4.69, 9.17) is 9.47 Å². The predicted molar refractivity (Wildman–Crippen MR) is 75.2 cm³/mol. The fraction of sp³-hybridized carbons (Fsp3) is 0.600. The van der Waals surface area contributed by atoms with Crippen LogP contribution in [0.15, 0.2) is 24.3 Å². The molecule has 1 aromatic rings. The second-order valence-corrected chi connectivity index (χ2v) is 4.75. The summed E-state index contributed by atoms with van der Waals surface area (Å²) in [6.07, 6.45) is 1.06. The first-order chi connectivity index (χ1) is 8.65. The molecule has 1 N–H and O–H groups in total. The third-order valence-electron chi connectivity index (χ3n) is 2.90. The summed E-state index contributed by atoms with van der Waals surface area (Å²) in [5.74, 6) is 0.925. The summed E-state index contributed by atoms with van der Waals surface area (Å²) in [6, 6.07) is 8.85. The van der Waals surface area contributed by atoms with E-state index in [1.54, 1.807) is 7.11 Å². The average Bonchev–Trinajstić information content (AvgIpc) is 2.37. The molecule has 0 heterocycles. The molecule has 0 amide bonds. The van der Waals surface area contributed by atoms with Crippen LogP contribution in [-0.2, 0) is 4.74 Å². The van der Waals surface area contributed by atoms with Gasteiger partial charge in [-0.15, -0.1) is 0 Å². The molecule has 0 saturated heterocycles. The molecule has 0 radical (unpaired) electrons. The van der Waals surface area contributed by atoms with Crippen LogP contribution in [0.4, 0.5) is 0 Å². The lowest BCUT2D eigenvalue weighted by atomic mass is 10.2. The van der Waals surface area contributed by atoms with E-state index in [2.05, 4.69) is 38.2 Å². The van der Waals surface area contributed by atoms with Crippen LogP contribution in [0, 0.1) is 6.92 Å². The minimum absolute atomic E-state index is 0.311. The second-order valence-electron chi connectivity index (χ2n) is 4.75. The van der Waals surface area contributed by atoms with Crippen LogP contribution >= 0.6 is 0 Å². The molecule has 3 heteroatoms. The van der Waals surface area contributed by atoms with Crippen LogP contribution in [0.1, 0.15) is 25.8 Å². The van der Waals surface area contributed by atoms with Gasteiger partial charge in [-0.25, -0.2) is 0 Å². The maximum atomic E-state index is 5.74. The van der Waals surface area contributed by atoms with Crippen molar-refractivity contribution in [2.75, 3.05) is 20.3 Å². The zero-order chi connectivity index (χ0) is 13.4. The zero-order valence-electron chi connectivity index (χ0n) is 11.9. The average molecular weight is 251 g/mol. The number of methoxy groups -OCH3 is 1. The lowest BCUT2D eigenvalue weighted by Gasteiger charge is -2.21. The summed E-state index contributed by atoms with van der Waals surface area (Å²) in [5.41, 5.74) is 1.25. The van der Waals surface area contributed by atoms with Gasteiger partial charge < -0.3 is 14.8 Å². The zero-order valence-corrected chi connectivity index (χ0v) is 11.9. The van der Waals surface area contributed by atoms with Gasteiger partial charge in [0.05, 0.1) is 6.61 Å². The van der Waals surface area contributed by atoms with Crippen LogP contribution in [0.2, 0.25) is 0 Å². The standard InChI is InChI=1S/C15H25NO2/c1-5-14(11-17-4)16-13(3)10-18-15-8-6-12(2)7-9-15/h6-9,13-14,16H,5,10-11H2,1-4H3. The maximum Gasteiger partial charge on any atom is 0.119 e. The highest BCUT2D eigenvalue weighted by Gasteiger charge is 2.10. The van der Waals surface area contributed by atoms with Gasteiger partial charge in [0.1, 0.15) is 12.4 Å². The second kappa shape index (κ2) is 8.11. The molecule has 1 aromatic carbocycles. The van der Waals surface area contributed by atoms with Crippen molar-refractivity contribution < 1.29 is 9.47 Å². The van der Waals surface area contributed by atoms with Crippen LogP contribution in [0.3, 0.4) is 0 Å². The highest BCUT2D eigenvalue weighted by molar-refractivity contribution is 5.26. The van der Waals surface area contributed by atoms with Gasteiger partial charge in [0.25, 0.3) is 0 Å². The quantitative estimate of drug-likeness (QED) is 0.770. The van der Waals surface area contributed by atoms with Crippen LogP contribution in [0.25, 0.3) is 0 Å². The van der Waals surface area contributed by atoms with Crippen molar-refractivity contribution in [3.63, 3.8) is 0 Å². The Balaban J connectivity index is 2.31. The van der Waals surface area contributed by atoms with Gasteiger partial charge in [0, 0.05) is 19.2 Å². The summed E-state index contributed by atoms with van der Waals surface area (Å²) < 4.78 is 10.9. The van der Waals surface area contributed by atoms with Crippen molar-refractivity contribution in [1.82, 2.24) is 5.32 Å². The number of hydrogen-bond acceptors (Lipinski definition) is 3. The summed E-state index contributed by atoms with van der Waals surface area (Å²) >= 11 is 0. The first-order valence-electron chi connectivity index (χ1n) is 6.60. The molecule has 0 aliphatic heterocycles. The van der Waals surface area contributed by atoms with Gasteiger partial charge in [-0.05, 0) is 32.4 Å². The molecule has 1 rings (SSSR count). The van der Waals surface area contributed by atoms with Gasteiger partial charge in [-0.3, -0.25) is 0 Å². The molecule has 0 aromatic heterocycles. The van der Waals surface area contributed by atoms with Gasteiger partial charge in [-0.1, -0.05) is 24.6 Å². The van der Waals surface area contributed by atoms with Crippen LogP contribution < -0.4 is 10.1 Å². The Bertz CT molecular complexity index is 324. The first-order valence-corrected chi connectivity index (χ1v) is 6.60. The van der Waals surface area contributed by atoms with E-state index >= 15 is 0 Å². The van der Waals surface area contributed by atoms with Crippen molar-refractivity contribution in [1.29, 1.82) is 0 Å². The van der Waals surface area contributed by atoms with Crippen molar-refractivity contribution in [2.45, 2.75) is 39.3 Å². The fourth-order valence-corrected chi connectivity index (χ4v) is 1.79. The third kappa shape index (κ3) is 5.52. The molecule has 2 atom stereocenters. The SMILES string of the molecule is CCC(COC)NC(C)COc1ccc(C)cc1. The maximum absolute atomic E-state index is 5.74. The fourth-order valence-electron chi connectivity index (χ4n) is 1.79. The summed E-state index contributed by atoms with van der Waals surface area (Å²) in [6.45, 7) is 7.77. The van der Waals surface area contributed by atoms with E-state index in [9.17, 15) is 0 Å². The molecule has 3 nitrogen and oxygen atoms in total. The smallest absolute Gasteiger partial charge is 0.119 e. The molecule has 0 aliphatic carbocycles. The minimum Gasteiger partial charge on any atom is -0.492 e. The Kier molecular flexibility index (Phi) is 6.76. The third-order valence-corrected chi connectivity index (χ3v) is 2.90. The molecule has 0 saturated carbocycles. The number of nitrogens with one attached hydrogen (secondary N) is 1. The van der Waals surface area contributed by atoms with Gasteiger partial charge in [-0.2, -0.15) is 0 Å². The summed E-state index contributed by atoms with van der Waals surface area (Å²) in [5, 5.41) is 3.50. The van der Waals surface area contributed by atoms with Gasteiger partial charge in [0.2, 0.25) is 0 Å². The van der Waals surface area contributed by atoms with Gasteiger partial charge >= 0.3 is 0 Å². The largest absolute Gasteiger partial charge is 0.492 e. The Labute approximate surface area is 110 Å². The van der Waals surface area contributed by atoms with E-state index in [1.807, 2.05) is 12.1 Å². The van der Waals surface area contributed by atoms with Gasteiger partial charge in [0.15, 0.2) is 0 Å². The first kappa shape index (κ1) is 15.0. The van der Waals surface area contributed by atoms with E-state index in [1.165, 1.54) is 5.56 Å². The van der Waals surface area contributed by atoms with E-state index in [-0.39, 0.29) is 0 Å². The number of hydrogen-bond donors (Lipinski definition) is 1. The molecule has 2 unspecified atom stereocenters. The van der Waals surface area contributed by atoms with Crippen molar-refractivity contribution >= 4 is 0 Å². The van der Waals surface area contributed by atoms with Crippen molar-refractivity contribution in [3.05, 3.63) is 29.8 Å². The van der Waals surface area contributed by atoms with Crippen LogP contribution in [0.5, 0.6) is 5.75 Å². The summed E-state index contributed by atoms with van der Waals surface area (Å²) in [4.78, 5) is 0. The highest BCUT2D eigenvalue weighted by Crippen LogP contribution is 2.11. The molecule has 0 spiro atoms. The monoisotopic (exact) mass is 251 g/mol. The molecule has 0 bridgehead atoms. The number of benzene rings is 1. The van der Waals surface area contributed by atoms with Crippen molar-refractivity contribution in [2.24, 2.45) is 0 Å². The lowest BCUT2D eigenvalue weighted by Crippen LogP contribution is -2.42. The highest BCUT2D eigenvalue weighted by atomic mass is 16.5. The number of aryl methyl sites for hydroxylation is 1. The van der Waals surface area contributed by atoms with Crippen molar-refractivity contribution in [3.8, 4) is 5.75 Å². The Hall–Kier alpha value is -1.06. The molecular weight excluding hydrogens is 226 g/mol. The Morgan fingerprint density at radius 2 is 1.83 bits per heavy atom. The van der Waals surface area contributed by atoms with E-state index in [0.717, 1.165) is 18.8 Å². The number of ether oxygens (including phenoxy) is 2. The summed E-state index contributed by atoms with van der Waals surface area (Å²) in [7, 11) is 1.73. The predicted octanol–water partition coefficient (Wildman–Crippen LogP) is 2.78. The normalized spacial score (nSPS) is 14.2.